The number of nitrogens with two attached hydrogens (primary N) is 2. The van der Waals surface area contributed by atoms with Crippen LogP contribution in [0.25, 0.3) is 0 Å². The number of benzene rings is 1. The van der Waals surface area contributed by atoms with Gasteiger partial charge >= 0.3 is 0 Å². The Kier molecular flexibility index (Phi) is 7.53. The second kappa shape index (κ2) is 9.64. The Labute approximate surface area is 160 Å². The molecule has 0 aliphatic heterocycles. The third-order valence-electron chi connectivity index (χ3n) is 4.13. The Morgan fingerprint density at radius 3 is 2.72 bits per heavy atom. The molecule has 2 rings (SSSR count). The molecule has 5 heteroatoms. The molecule has 1 aliphatic carbocycles. The Morgan fingerprint density at radius 2 is 2.04 bits per heavy atom. The van der Waals surface area contributed by atoms with Crippen LogP contribution in [0.15, 0.2) is 75.6 Å². The molecule has 0 bridgehead atoms. The lowest BCUT2D eigenvalue weighted by Crippen LogP contribution is -2.14. The van der Waals surface area contributed by atoms with Crippen LogP contribution < -0.4 is 16.2 Å². The van der Waals surface area contributed by atoms with Crippen LogP contribution in [-0.4, -0.2) is 0 Å². The topological polar surface area (TPSA) is 64.1 Å². The van der Waals surface area contributed by atoms with Gasteiger partial charge in [0.1, 0.15) is 5.82 Å². The zero-order chi connectivity index (χ0) is 18.2. The Bertz CT molecular complexity index is 732. The van der Waals surface area contributed by atoms with Crippen molar-refractivity contribution < 1.29 is 0 Å². The van der Waals surface area contributed by atoms with E-state index < -0.39 is 0 Å². The van der Waals surface area contributed by atoms with E-state index in [9.17, 15) is 0 Å². The van der Waals surface area contributed by atoms with Crippen molar-refractivity contribution in [1.29, 1.82) is 0 Å². The molecule has 134 valence electrons. The first kappa shape index (κ1) is 19.5. The molecule has 0 saturated carbocycles. The van der Waals surface area contributed by atoms with Crippen molar-refractivity contribution in [2.45, 2.75) is 44.4 Å². The third kappa shape index (κ3) is 5.62. The molecule has 0 radical (unpaired) electrons. The molecule has 0 unspecified atom stereocenters. The van der Waals surface area contributed by atoms with Crippen LogP contribution in [0.2, 0.25) is 5.02 Å². The molecule has 1 aliphatic rings. The molecular formula is C20H26ClN3S. The van der Waals surface area contributed by atoms with E-state index in [1.165, 1.54) is 17.5 Å². The molecule has 0 fully saturated rings. The number of nitrogens with one attached hydrogen (secondary N) is 1. The van der Waals surface area contributed by atoms with Gasteiger partial charge in [-0.2, -0.15) is 0 Å². The first-order chi connectivity index (χ1) is 12.0. The Morgan fingerprint density at radius 1 is 1.28 bits per heavy atom. The quantitative estimate of drug-likeness (QED) is 0.440. The highest BCUT2D eigenvalue weighted by Gasteiger charge is 2.09. The average molecular weight is 376 g/mol. The number of halogens is 1. The van der Waals surface area contributed by atoms with E-state index in [0.717, 1.165) is 47.4 Å². The minimum atomic E-state index is 0.556. The minimum absolute atomic E-state index is 0.556. The largest absolute Gasteiger partial charge is 0.398 e. The predicted octanol–water partition coefficient (Wildman–Crippen LogP) is 5.42. The van der Waals surface area contributed by atoms with Crippen molar-refractivity contribution in [3.63, 3.8) is 0 Å². The SMILES string of the molecule is CCC1=CC(/C(N)=C(/C=C(\N)NSc2ccccc2Cl)CC)=CCC1. The molecule has 5 N–H and O–H groups in total. The molecule has 0 atom stereocenters. The zero-order valence-electron chi connectivity index (χ0n) is 14.8. The van der Waals surface area contributed by atoms with Crippen LogP contribution in [0.5, 0.6) is 0 Å². The van der Waals surface area contributed by atoms with Crippen molar-refractivity contribution in [2.24, 2.45) is 11.5 Å². The lowest BCUT2D eigenvalue weighted by atomic mass is 9.94. The van der Waals surface area contributed by atoms with Crippen LogP contribution in [0.1, 0.15) is 39.5 Å². The molecule has 0 saturated heterocycles. The summed E-state index contributed by atoms with van der Waals surface area (Å²) in [6, 6.07) is 7.65. The van der Waals surface area contributed by atoms with E-state index in [1.54, 1.807) is 0 Å². The second-order valence-corrected chi connectivity index (χ2v) is 7.14. The molecule has 1 aromatic rings. The smallest absolute Gasteiger partial charge is 0.107 e. The van der Waals surface area contributed by atoms with E-state index in [2.05, 4.69) is 30.7 Å². The van der Waals surface area contributed by atoms with Gasteiger partial charge in [0.05, 0.1) is 5.02 Å². The number of allylic oxidation sites excluding steroid dienone is 5. The van der Waals surface area contributed by atoms with E-state index in [-0.39, 0.29) is 0 Å². The highest BCUT2D eigenvalue weighted by atomic mass is 35.5. The third-order valence-corrected chi connectivity index (χ3v) is 5.48. The van der Waals surface area contributed by atoms with Gasteiger partial charge in [-0.05, 0) is 67.0 Å². The molecular weight excluding hydrogens is 350 g/mol. The monoisotopic (exact) mass is 375 g/mol. The molecule has 25 heavy (non-hydrogen) atoms. The van der Waals surface area contributed by atoms with Crippen molar-refractivity contribution in [1.82, 2.24) is 4.72 Å². The van der Waals surface area contributed by atoms with Crippen LogP contribution in [-0.2, 0) is 0 Å². The van der Waals surface area contributed by atoms with E-state index in [4.69, 9.17) is 23.1 Å². The molecule has 0 spiro atoms. The fraction of sp³-hybridized carbons (Fsp3) is 0.300. The molecule has 0 amide bonds. The first-order valence-electron chi connectivity index (χ1n) is 8.58. The molecule has 3 nitrogen and oxygen atoms in total. The minimum Gasteiger partial charge on any atom is -0.398 e. The number of hydrogen-bond donors (Lipinski definition) is 3. The molecule has 0 aromatic heterocycles. The fourth-order valence-corrected chi connectivity index (χ4v) is 3.50. The van der Waals surface area contributed by atoms with Gasteiger partial charge in [0, 0.05) is 10.6 Å². The Hall–Kier alpha value is -1.78. The zero-order valence-corrected chi connectivity index (χ0v) is 16.4. The van der Waals surface area contributed by atoms with Gasteiger partial charge in [-0.3, -0.25) is 0 Å². The maximum atomic E-state index is 6.41. The van der Waals surface area contributed by atoms with Gasteiger partial charge in [0.25, 0.3) is 0 Å². The molecule has 0 heterocycles. The van der Waals surface area contributed by atoms with Gasteiger partial charge in [0.15, 0.2) is 0 Å². The summed E-state index contributed by atoms with van der Waals surface area (Å²) in [6.45, 7) is 4.27. The van der Waals surface area contributed by atoms with E-state index in [0.29, 0.717) is 10.8 Å². The Balaban J connectivity index is 2.13. The van der Waals surface area contributed by atoms with Crippen LogP contribution in [0, 0.1) is 0 Å². The summed E-state index contributed by atoms with van der Waals surface area (Å²) in [5.74, 6) is 0.556. The van der Waals surface area contributed by atoms with Gasteiger partial charge in [0.2, 0.25) is 0 Å². The van der Waals surface area contributed by atoms with Gasteiger partial charge in [-0.1, -0.05) is 55.3 Å². The summed E-state index contributed by atoms with van der Waals surface area (Å²) in [5, 5.41) is 0.697. The van der Waals surface area contributed by atoms with Gasteiger partial charge in [-0.25, -0.2) is 0 Å². The maximum absolute atomic E-state index is 6.41. The van der Waals surface area contributed by atoms with Crippen LogP contribution >= 0.6 is 23.5 Å². The summed E-state index contributed by atoms with van der Waals surface area (Å²) >= 11 is 7.55. The van der Waals surface area contributed by atoms with Crippen molar-refractivity contribution in [3.05, 3.63) is 75.8 Å². The molecule has 1 aromatic carbocycles. The summed E-state index contributed by atoms with van der Waals surface area (Å²) in [4.78, 5) is 0.932. The highest BCUT2D eigenvalue weighted by Crippen LogP contribution is 2.26. The lowest BCUT2D eigenvalue weighted by molar-refractivity contribution is 0.882. The maximum Gasteiger partial charge on any atom is 0.107 e. The van der Waals surface area contributed by atoms with Crippen molar-refractivity contribution in [3.8, 4) is 0 Å². The van der Waals surface area contributed by atoms with E-state index >= 15 is 0 Å². The van der Waals surface area contributed by atoms with Crippen LogP contribution in [0.3, 0.4) is 0 Å². The summed E-state index contributed by atoms with van der Waals surface area (Å²) in [5.41, 5.74) is 16.9. The summed E-state index contributed by atoms with van der Waals surface area (Å²) in [7, 11) is 0. The lowest BCUT2D eigenvalue weighted by Gasteiger charge is -2.15. The first-order valence-corrected chi connectivity index (χ1v) is 9.77. The average Bonchev–Trinajstić information content (AvgIpc) is 2.65. The summed E-state index contributed by atoms with van der Waals surface area (Å²) in [6.07, 6.45) is 10.4. The van der Waals surface area contributed by atoms with Crippen molar-refractivity contribution in [2.75, 3.05) is 0 Å². The normalized spacial score (nSPS) is 16.0. The van der Waals surface area contributed by atoms with Gasteiger partial charge < -0.3 is 16.2 Å². The second-order valence-electron chi connectivity index (χ2n) is 5.88. The fourth-order valence-electron chi connectivity index (χ4n) is 2.64. The summed E-state index contributed by atoms with van der Waals surface area (Å²) < 4.78 is 3.13. The standard InChI is InChI=1S/C20H26ClN3S/c1-3-14-8-7-9-16(12-14)20(23)15(4-2)13-19(22)24-25-18-11-6-5-10-17(18)21/h5-6,9-13,24H,3-4,7-8,22-23H2,1-2H3/b19-13+,20-15-. The van der Waals surface area contributed by atoms with Crippen LogP contribution in [0.4, 0.5) is 0 Å². The predicted molar refractivity (Wildman–Crippen MR) is 110 cm³/mol. The highest BCUT2D eigenvalue weighted by molar-refractivity contribution is 7.97. The van der Waals surface area contributed by atoms with Gasteiger partial charge in [-0.15, -0.1) is 0 Å². The number of hydrogen-bond acceptors (Lipinski definition) is 4. The number of rotatable bonds is 7. The van der Waals surface area contributed by atoms with E-state index in [1.807, 2.05) is 30.3 Å². The van der Waals surface area contributed by atoms with Crippen molar-refractivity contribution >= 4 is 23.5 Å².